The fraction of sp³-hybridized carbons (Fsp3) is 0.471. The van der Waals surface area contributed by atoms with Crippen LogP contribution in [0.25, 0.3) is 0 Å². The zero-order chi connectivity index (χ0) is 17.0. The number of methoxy groups -OCH3 is 1. The molecule has 0 aliphatic heterocycles. The van der Waals surface area contributed by atoms with Crippen LogP contribution in [-0.2, 0) is 11.3 Å². The molecule has 124 valence electrons. The number of aryl methyl sites for hydroxylation is 1. The van der Waals surface area contributed by atoms with Gasteiger partial charge in [0.1, 0.15) is 11.8 Å². The minimum Gasteiger partial charge on any atom is -0.496 e. The van der Waals surface area contributed by atoms with E-state index in [1.807, 2.05) is 33.0 Å². The number of likely N-dealkylation sites (N-methyl/N-ethyl adjacent to an activating group) is 1. The summed E-state index contributed by atoms with van der Waals surface area (Å²) < 4.78 is 7.13. The lowest BCUT2D eigenvalue weighted by atomic mass is 10.1. The number of nitrogens with zero attached hydrogens (tertiary/aromatic N) is 4. The van der Waals surface area contributed by atoms with Crippen molar-refractivity contribution in [2.45, 2.75) is 39.8 Å². The number of hydrogen-bond donors (Lipinski definition) is 0. The average Bonchev–Trinajstić information content (AvgIpc) is 3.05. The number of pyridine rings is 1. The second-order valence-electron chi connectivity index (χ2n) is 5.65. The molecule has 0 aromatic carbocycles. The number of rotatable bonds is 6. The van der Waals surface area contributed by atoms with Gasteiger partial charge in [-0.3, -0.25) is 14.5 Å². The third-order valence-electron chi connectivity index (χ3n) is 4.03. The highest BCUT2D eigenvalue weighted by Crippen LogP contribution is 2.25. The molecule has 23 heavy (non-hydrogen) atoms. The average molecular weight is 316 g/mol. The van der Waals surface area contributed by atoms with E-state index in [1.165, 1.54) is 0 Å². The number of amides is 1. The van der Waals surface area contributed by atoms with E-state index >= 15 is 0 Å². The summed E-state index contributed by atoms with van der Waals surface area (Å²) >= 11 is 0. The molecule has 2 heterocycles. The molecule has 1 amide bonds. The number of carbonyl (C=O) groups is 1. The van der Waals surface area contributed by atoms with Crippen molar-refractivity contribution in [3.8, 4) is 5.75 Å². The van der Waals surface area contributed by atoms with Gasteiger partial charge in [-0.2, -0.15) is 5.10 Å². The minimum atomic E-state index is -0.289. The van der Waals surface area contributed by atoms with Crippen molar-refractivity contribution in [3.63, 3.8) is 0 Å². The van der Waals surface area contributed by atoms with Crippen molar-refractivity contribution >= 4 is 5.91 Å². The highest BCUT2D eigenvalue weighted by atomic mass is 16.5. The maximum absolute atomic E-state index is 12.7. The zero-order valence-electron chi connectivity index (χ0n) is 14.4. The molecule has 0 saturated heterocycles. The second kappa shape index (κ2) is 7.26. The Morgan fingerprint density at radius 1 is 1.43 bits per heavy atom. The third kappa shape index (κ3) is 3.52. The van der Waals surface area contributed by atoms with E-state index in [0.29, 0.717) is 13.0 Å². The van der Waals surface area contributed by atoms with E-state index in [2.05, 4.69) is 10.1 Å². The van der Waals surface area contributed by atoms with Gasteiger partial charge >= 0.3 is 0 Å². The van der Waals surface area contributed by atoms with E-state index in [-0.39, 0.29) is 11.9 Å². The van der Waals surface area contributed by atoms with Gasteiger partial charge in [-0.25, -0.2) is 0 Å². The maximum atomic E-state index is 12.7. The lowest BCUT2D eigenvalue weighted by molar-refractivity contribution is -0.134. The van der Waals surface area contributed by atoms with Gasteiger partial charge in [-0.1, -0.05) is 6.92 Å². The van der Waals surface area contributed by atoms with Gasteiger partial charge in [-0.05, 0) is 26.3 Å². The summed E-state index contributed by atoms with van der Waals surface area (Å²) in [6.45, 7) is 6.36. The van der Waals surface area contributed by atoms with Crippen molar-refractivity contribution in [3.05, 3.63) is 41.5 Å². The van der Waals surface area contributed by atoms with Crippen molar-refractivity contribution in [1.82, 2.24) is 19.7 Å². The molecule has 0 saturated carbocycles. The van der Waals surface area contributed by atoms with Crippen LogP contribution in [0.15, 0.2) is 24.7 Å². The highest BCUT2D eigenvalue weighted by Gasteiger charge is 2.23. The molecule has 0 aliphatic rings. The molecule has 0 radical (unpaired) electrons. The molecule has 2 aromatic heterocycles. The fourth-order valence-corrected chi connectivity index (χ4v) is 2.73. The predicted octanol–water partition coefficient (Wildman–Crippen LogP) is 2.51. The maximum Gasteiger partial charge on any atom is 0.247 e. The molecule has 0 fully saturated rings. The van der Waals surface area contributed by atoms with Crippen LogP contribution in [0.4, 0.5) is 0 Å². The molecule has 2 aromatic rings. The molecule has 6 nitrogen and oxygen atoms in total. The Morgan fingerprint density at radius 2 is 2.17 bits per heavy atom. The third-order valence-corrected chi connectivity index (χ3v) is 4.03. The lowest BCUT2D eigenvalue weighted by Crippen LogP contribution is -2.34. The van der Waals surface area contributed by atoms with E-state index in [0.717, 1.165) is 22.6 Å². The van der Waals surface area contributed by atoms with Crippen LogP contribution >= 0.6 is 0 Å². The Labute approximate surface area is 137 Å². The Morgan fingerprint density at radius 3 is 2.74 bits per heavy atom. The van der Waals surface area contributed by atoms with E-state index in [4.69, 9.17) is 4.74 Å². The fourth-order valence-electron chi connectivity index (χ4n) is 2.73. The summed E-state index contributed by atoms with van der Waals surface area (Å²) in [5.41, 5.74) is 2.81. The van der Waals surface area contributed by atoms with Crippen molar-refractivity contribution in [2.75, 3.05) is 14.2 Å². The van der Waals surface area contributed by atoms with Crippen LogP contribution in [0.5, 0.6) is 5.75 Å². The van der Waals surface area contributed by atoms with Crippen LogP contribution in [0.2, 0.25) is 0 Å². The standard InChI is InChI=1S/C17H24N4O2/c1-6-15(21-9-7-8-19-21)17(22)20(4)11-14-13(3)16(23-5)12(2)10-18-14/h7-10,15H,6,11H2,1-5H3/t15-/m1/s1. The first kappa shape index (κ1) is 17.0. The van der Waals surface area contributed by atoms with Gasteiger partial charge in [0.15, 0.2) is 0 Å². The number of ether oxygens (including phenoxy) is 1. The molecular formula is C17H24N4O2. The van der Waals surface area contributed by atoms with Gasteiger partial charge in [0, 0.05) is 36.8 Å². The van der Waals surface area contributed by atoms with Crippen LogP contribution in [0.3, 0.4) is 0 Å². The minimum absolute atomic E-state index is 0.0249. The van der Waals surface area contributed by atoms with E-state index in [9.17, 15) is 4.79 Å². The van der Waals surface area contributed by atoms with Crippen molar-refractivity contribution in [1.29, 1.82) is 0 Å². The van der Waals surface area contributed by atoms with Crippen LogP contribution in [-0.4, -0.2) is 39.7 Å². The Bertz CT molecular complexity index is 667. The van der Waals surface area contributed by atoms with Gasteiger partial charge in [0.05, 0.1) is 19.3 Å². The molecule has 2 rings (SSSR count). The Kier molecular flexibility index (Phi) is 5.36. The molecule has 0 N–H and O–H groups in total. The van der Waals surface area contributed by atoms with E-state index in [1.54, 1.807) is 36.1 Å². The predicted molar refractivity (Wildman–Crippen MR) is 88.3 cm³/mol. The molecule has 6 heteroatoms. The summed E-state index contributed by atoms with van der Waals surface area (Å²) in [6, 6.07) is 1.54. The first-order chi connectivity index (χ1) is 11.0. The Balaban J connectivity index is 2.18. The smallest absolute Gasteiger partial charge is 0.247 e. The lowest BCUT2D eigenvalue weighted by Gasteiger charge is -2.24. The van der Waals surface area contributed by atoms with Crippen LogP contribution in [0.1, 0.15) is 36.2 Å². The summed E-state index contributed by atoms with van der Waals surface area (Å²) in [5.74, 6) is 0.854. The molecule has 0 spiro atoms. The molecule has 0 bridgehead atoms. The normalized spacial score (nSPS) is 12.0. The quantitative estimate of drug-likeness (QED) is 0.821. The molecule has 0 aliphatic carbocycles. The summed E-state index contributed by atoms with van der Waals surface area (Å²) in [6.07, 6.45) is 5.98. The number of carbonyl (C=O) groups excluding carboxylic acids is 1. The first-order valence-electron chi connectivity index (χ1n) is 7.72. The highest BCUT2D eigenvalue weighted by molar-refractivity contribution is 5.80. The largest absolute Gasteiger partial charge is 0.496 e. The van der Waals surface area contributed by atoms with Gasteiger partial charge in [0.2, 0.25) is 5.91 Å². The molecule has 1 atom stereocenters. The van der Waals surface area contributed by atoms with Gasteiger partial charge in [0.25, 0.3) is 0 Å². The monoisotopic (exact) mass is 316 g/mol. The summed E-state index contributed by atoms with van der Waals surface area (Å²) in [5, 5.41) is 4.19. The topological polar surface area (TPSA) is 60.3 Å². The van der Waals surface area contributed by atoms with Crippen LogP contribution < -0.4 is 4.74 Å². The number of hydrogen-bond acceptors (Lipinski definition) is 4. The second-order valence-corrected chi connectivity index (χ2v) is 5.65. The van der Waals surface area contributed by atoms with Gasteiger partial charge in [-0.15, -0.1) is 0 Å². The molecule has 0 unspecified atom stereocenters. The summed E-state index contributed by atoms with van der Waals surface area (Å²) in [4.78, 5) is 18.9. The zero-order valence-corrected chi connectivity index (χ0v) is 14.4. The molecular weight excluding hydrogens is 292 g/mol. The number of aromatic nitrogens is 3. The summed E-state index contributed by atoms with van der Waals surface area (Å²) in [7, 11) is 3.45. The van der Waals surface area contributed by atoms with Crippen molar-refractivity contribution < 1.29 is 9.53 Å². The van der Waals surface area contributed by atoms with E-state index < -0.39 is 0 Å². The van der Waals surface area contributed by atoms with Crippen molar-refractivity contribution in [2.24, 2.45) is 0 Å². The first-order valence-corrected chi connectivity index (χ1v) is 7.72. The Hall–Kier alpha value is -2.37. The SMILES string of the molecule is CC[C@H](C(=O)N(C)Cc1ncc(C)c(OC)c1C)n1cccn1. The van der Waals surface area contributed by atoms with Crippen LogP contribution in [0, 0.1) is 13.8 Å². The van der Waals surface area contributed by atoms with Gasteiger partial charge < -0.3 is 9.64 Å².